The minimum absolute atomic E-state index is 0.242. The zero-order valence-electron chi connectivity index (χ0n) is 9.69. The molecule has 0 N–H and O–H groups in total. The van der Waals surface area contributed by atoms with Crippen molar-refractivity contribution in [2.24, 2.45) is 0 Å². The maximum Gasteiger partial charge on any atom is 0.257 e. The highest BCUT2D eigenvalue weighted by Gasteiger charge is 2.17. The van der Waals surface area contributed by atoms with Gasteiger partial charge in [-0.05, 0) is 29.6 Å². The van der Waals surface area contributed by atoms with Gasteiger partial charge in [-0.2, -0.15) is 0 Å². The molecule has 0 unspecified atom stereocenters. The molecule has 1 heterocycles. The molecule has 1 amide bonds. The van der Waals surface area contributed by atoms with Crippen molar-refractivity contribution >= 4 is 17.2 Å². The third-order valence-corrected chi connectivity index (χ3v) is 3.34. The minimum Gasteiger partial charge on any atom is -0.336 e. The molecule has 18 heavy (non-hydrogen) atoms. The molecule has 0 saturated heterocycles. The van der Waals surface area contributed by atoms with Crippen molar-refractivity contribution in [2.75, 3.05) is 7.05 Å². The Bertz CT molecular complexity index is 554. The molecule has 0 aliphatic heterocycles. The average molecular weight is 267 g/mol. The van der Waals surface area contributed by atoms with Crippen LogP contribution in [0.1, 0.15) is 15.2 Å². The summed E-state index contributed by atoms with van der Waals surface area (Å²) in [7, 11) is 1.56. The van der Waals surface area contributed by atoms with E-state index in [1.54, 1.807) is 7.05 Å². The van der Waals surface area contributed by atoms with Crippen LogP contribution in [0.25, 0.3) is 0 Å². The molecule has 0 saturated carbocycles. The van der Waals surface area contributed by atoms with Gasteiger partial charge in [-0.1, -0.05) is 6.07 Å². The maximum absolute atomic E-state index is 13.4. The number of amides is 1. The van der Waals surface area contributed by atoms with Crippen LogP contribution < -0.4 is 0 Å². The largest absolute Gasteiger partial charge is 0.336 e. The van der Waals surface area contributed by atoms with Crippen LogP contribution in [-0.4, -0.2) is 17.9 Å². The predicted octanol–water partition coefficient (Wildman–Crippen LogP) is 3.30. The Balaban J connectivity index is 2.17. The maximum atomic E-state index is 13.4. The van der Waals surface area contributed by atoms with Crippen molar-refractivity contribution in [3.63, 3.8) is 0 Å². The second-order valence-electron chi connectivity index (χ2n) is 3.86. The van der Waals surface area contributed by atoms with Gasteiger partial charge in [-0.25, -0.2) is 8.78 Å². The van der Waals surface area contributed by atoms with Gasteiger partial charge in [0.1, 0.15) is 11.6 Å². The Morgan fingerprint density at radius 1 is 1.33 bits per heavy atom. The van der Waals surface area contributed by atoms with E-state index in [4.69, 9.17) is 0 Å². The number of benzene rings is 1. The number of carbonyl (C=O) groups excluding carboxylic acids is 1. The molecule has 94 valence electrons. The van der Waals surface area contributed by atoms with Gasteiger partial charge in [-0.3, -0.25) is 4.79 Å². The number of hydrogen-bond acceptors (Lipinski definition) is 2. The summed E-state index contributed by atoms with van der Waals surface area (Å²) in [4.78, 5) is 14.3. The first kappa shape index (κ1) is 12.7. The second kappa shape index (κ2) is 5.27. The van der Waals surface area contributed by atoms with Crippen molar-refractivity contribution in [1.29, 1.82) is 0 Å². The fraction of sp³-hybridized carbons (Fsp3) is 0.154. The summed E-state index contributed by atoms with van der Waals surface area (Å²) < 4.78 is 26.5. The van der Waals surface area contributed by atoms with E-state index in [2.05, 4.69) is 0 Å². The van der Waals surface area contributed by atoms with Crippen molar-refractivity contribution in [1.82, 2.24) is 4.90 Å². The fourth-order valence-electron chi connectivity index (χ4n) is 1.58. The summed E-state index contributed by atoms with van der Waals surface area (Å²) in [5.41, 5.74) is -0.242. The standard InChI is InChI=1S/C13H11F2NOS/c1-16(8-10-3-2-6-18-10)13(17)11-7-9(14)4-5-12(11)15/h2-7H,8H2,1H3. The smallest absolute Gasteiger partial charge is 0.257 e. The van der Waals surface area contributed by atoms with Crippen molar-refractivity contribution in [2.45, 2.75) is 6.54 Å². The van der Waals surface area contributed by atoms with Gasteiger partial charge in [0, 0.05) is 11.9 Å². The van der Waals surface area contributed by atoms with E-state index in [1.165, 1.54) is 16.2 Å². The van der Waals surface area contributed by atoms with Crippen molar-refractivity contribution in [3.05, 3.63) is 57.8 Å². The molecule has 2 nitrogen and oxygen atoms in total. The van der Waals surface area contributed by atoms with Gasteiger partial charge in [0.05, 0.1) is 12.1 Å². The molecule has 5 heteroatoms. The van der Waals surface area contributed by atoms with Crippen molar-refractivity contribution < 1.29 is 13.6 Å². The van der Waals surface area contributed by atoms with Crippen LogP contribution in [0.2, 0.25) is 0 Å². The Morgan fingerprint density at radius 3 is 2.78 bits per heavy atom. The van der Waals surface area contributed by atoms with E-state index < -0.39 is 17.5 Å². The van der Waals surface area contributed by atoms with E-state index >= 15 is 0 Å². The first-order valence-electron chi connectivity index (χ1n) is 5.31. The van der Waals surface area contributed by atoms with E-state index in [9.17, 15) is 13.6 Å². The van der Waals surface area contributed by atoms with Gasteiger partial charge in [-0.15, -0.1) is 11.3 Å². The summed E-state index contributed by atoms with van der Waals surface area (Å²) in [5, 5.41) is 1.90. The number of hydrogen-bond donors (Lipinski definition) is 0. The number of carbonyl (C=O) groups is 1. The third-order valence-electron chi connectivity index (χ3n) is 2.48. The van der Waals surface area contributed by atoms with Gasteiger partial charge in [0.2, 0.25) is 0 Å². The van der Waals surface area contributed by atoms with Crippen LogP contribution in [0.3, 0.4) is 0 Å². The van der Waals surface area contributed by atoms with Crippen LogP contribution >= 0.6 is 11.3 Å². The molecule has 0 aliphatic rings. The quantitative estimate of drug-likeness (QED) is 0.835. The van der Waals surface area contributed by atoms with Crippen molar-refractivity contribution in [3.8, 4) is 0 Å². The molecule has 0 bridgehead atoms. The van der Waals surface area contributed by atoms with Crippen LogP contribution in [0.15, 0.2) is 35.7 Å². The lowest BCUT2D eigenvalue weighted by atomic mass is 10.2. The van der Waals surface area contributed by atoms with Gasteiger partial charge >= 0.3 is 0 Å². The molecular weight excluding hydrogens is 256 g/mol. The summed E-state index contributed by atoms with van der Waals surface area (Å²) in [6.45, 7) is 0.381. The second-order valence-corrected chi connectivity index (χ2v) is 4.90. The lowest BCUT2D eigenvalue weighted by molar-refractivity contribution is 0.0781. The average Bonchev–Trinajstić information content (AvgIpc) is 2.84. The Labute approximate surface area is 107 Å². The molecular formula is C13H11F2NOS. The Kier molecular flexibility index (Phi) is 3.72. The topological polar surface area (TPSA) is 20.3 Å². The number of thiophene rings is 1. The first-order valence-corrected chi connectivity index (χ1v) is 6.19. The van der Waals surface area contributed by atoms with E-state index in [0.717, 1.165) is 23.1 Å². The molecule has 2 rings (SSSR count). The molecule has 0 fully saturated rings. The Morgan fingerprint density at radius 2 is 2.11 bits per heavy atom. The lowest BCUT2D eigenvalue weighted by Gasteiger charge is -2.16. The monoisotopic (exact) mass is 267 g/mol. The van der Waals surface area contributed by atoms with Crippen LogP contribution in [-0.2, 0) is 6.54 Å². The normalized spacial score (nSPS) is 10.4. The number of rotatable bonds is 3. The molecule has 0 atom stereocenters. The molecule has 0 radical (unpaired) electrons. The van der Waals surface area contributed by atoms with Crippen LogP contribution in [0, 0.1) is 11.6 Å². The SMILES string of the molecule is CN(Cc1cccs1)C(=O)c1cc(F)ccc1F. The zero-order valence-corrected chi connectivity index (χ0v) is 10.5. The van der Waals surface area contributed by atoms with Gasteiger partial charge < -0.3 is 4.90 Å². The first-order chi connectivity index (χ1) is 8.58. The summed E-state index contributed by atoms with van der Waals surface area (Å²) in [6.07, 6.45) is 0. The molecule has 2 aromatic rings. The number of nitrogens with zero attached hydrogens (tertiary/aromatic N) is 1. The number of halogens is 2. The predicted molar refractivity (Wildman–Crippen MR) is 66.5 cm³/mol. The summed E-state index contributed by atoms with van der Waals surface area (Å²) >= 11 is 1.51. The summed E-state index contributed by atoms with van der Waals surface area (Å²) in [6, 6.07) is 6.63. The Hall–Kier alpha value is -1.75. The van der Waals surface area contributed by atoms with Crippen LogP contribution in [0.4, 0.5) is 8.78 Å². The highest BCUT2D eigenvalue weighted by molar-refractivity contribution is 7.09. The van der Waals surface area contributed by atoms with Gasteiger partial charge in [0.15, 0.2) is 0 Å². The van der Waals surface area contributed by atoms with E-state index in [-0.39, 0.29) is 5.56 Å². The fourth-order valence-corrected chi connectivity index (χ4v) is 2.33. The highest BCUT2D eigenvalue weighted by Crippen LogP contribution is 2.15. The molecule has 1 aromatic heterocycles. The zero-order chi connectivity index (χ0) is 13.1. The minimum atomic E-state index is -0.709. The van der Waals surface area contributed by atoms with E-state index in [0.29, 0.717) is 6.54 Å². The lowest BCUT2D eigenvalue weighted by Crippen LogP contribution is -2.26. The molecule has 1 aromatic carbocycles. The van der Waals surface area contributed by atoms with Crippen LogP contribution in [0.5, 0.6) is 0 Å². The molecule has 0 spiro atoms. The highest BCUT2D eigenvalue weighted by atomic mass is 32.1. The molecule has 0 aliphatic carbocycles. The third kappa shape index (κ3) is 2.73. The van der Waals surface area contributed by atoms with Gasteiger partial charge in [0.25, 0.3) is 5.91 Å². The van der Waals surface area contributed by atoms with E-state index in [1.807, 2.05) is 17.5 Å². The summed E-state index contributed by atoms with van der Waals surface area (Å²) in [5.74, 6) is -1.86.